The Kier molecular flexibility index (Phi) is 5.06. The SMILES string of the molecule is CCCc1cc(-n2nc(C)c(-c3ccc(CC4CCC4)nc3)c2C)ccn1. The smallest absolute Gasteiger partial charge is 0.0682 e. The topological polar surface area (TPSA) is 43.6 Å². The summed E-state index contributed by atoms with van der Waals surface area (Å²) in [6.07, 6.45) is 11.2. The van der Waals surface area contributed by atoms with Gasteiger partial charge in [-0.05, 0) is 50.8 Å². The molecule has 0 aromatic carbocycles. The van der Waals surface area contributed by atoms with Crippen LogP contribution in [-0.4, -0.2) is 19.7 Å². The lowest BCUT2D eigenvalue weighted by Gasteiger charge is -2.24. The van der Waals surface area contributed by atoms with Gasteiger partial charge in [0, 0.05) is 40.6 Å². The van der Waals surface area contributed by atoms with E-state index < -0.39 is 0 Å². The molecule has 27 heavy (non-hydrogen) atoms. The standard InChI is InChI=1S/C23H28N4/c1-4-6-20-14-22(11-12-24-20)27-17(3)23(16(2)26-27)19-9-10-21(25-15-19)13-18-7-5-8-18/h9-12,14-15,18H,4-8,13H2,1-3H3. The van der Waals surface area contributed by atoms with Gasteiger partial charge in [0.15, 0.2) is 0 Å². The van der Waals surface area contributed by atoms with E-state index in [9.17, 15) is 0 Å². The third kappa shape index (κ3) is 3.66. The van der Waals surface area contributed by atoms with Crippen LogP contribution in [-0.2, 0) is 12.8 Å². The number of pyridine rings is 2. The zero-order valence-electron chi connectivity index (χ0n) is 16.6. The molecule has 0 aliphatic heterocycles. The number of nitrogens with zero attached hydrogens (tertiary/aromatic N) is 4. The molecule has 1 aliphatic rings. The van der Waals surface area contributed by atoms with Crippen molar-refractivity contribution in [3.05, 3.63) is 59.4 Å². The first-order valence-electron chi connectivity index (χ1n) is 10.1. The molecule has 0 saturated heterocycles. The van der Waals surface area contributed by atoms with Crippen LogP contribution in [0.3, 0.4) is 0 Å². The predicted molar refractivity (Wildman–Crippen MR) is 109 cm³/mol. The molecule has 0 amide bonds. The average Bonchev–Trinajstić information content (AvgIpc) is 2.94. The monoisotopic (exact) mass is 360 g/mol. The zero-order valence-corrected chi connectivity index (χ0v) is 16.6. The minimum absolute atomic E-state index is 0.846. The molecule has 3 aromatic heterocycles. The Labute approximate surface area is 161 Å². The summed E-state index contributed by atoms with van der Waals surface area (Å²) >= 11 is 0. The molecule has 1 aliphatic carbocycles. The Morgan fingerprint density at radius 3 is 2.59 bits per heavy atom. The van der Waals surface area contributed by atoms with E-state index in [2.05, 4.69) is 44.0 Å². The number of rotatable bonds is 6. The molecule has 0 N–H and O–H groups in total. The maximum atomic E-state index is 4.81. The van der Waals surface area contributed by atoms with Crippen molar-refractivity contribution in [2.45, 2.75) is 59.3 Å². The molecule has 0 radical (unpaired) electrons. The summed E-state index contributed by atoms with van der Waals surface area (Å²) in [4.78, 5) is 9.20. The van der Waals surface area contributed by atoms with E-state index in [4.69, 9.17) is 10.1 Å². The molecule has 1 fully saturated rings. The average molecular weight is 361 g/mol. The highest BCUT2D eigenvalue weighted by molar-refractivity contribution is 5.68. The van der Waals surface area contributed by atoms with Gasteiger partial charge in [-0.15, -0.1) is 0 Å². The molecule has 4 nitrogen and oxygen atoms in total. The molecule has 0 spiro atoms. The van der Waals surface area contributed by atoms with Crippen molar-refractivity contribution >= 4 is 0 Å². The first-order chi connectivity index (χ1) is 13.2. The van der Waals surface area contributed by atoms with Crippen LogP contribution in [0.2, 0.25) is 0 Å². The van der Waals surface area contributed by atoms with Crippen LogP contribution in [0.1, 0.15) is 55.4 Å². The summed E-state index contributed by atoms with van der Waals surface area (Å²) in [5.41, 5.74) is 7.93. The summed E-state index contributed by atoms with van der Waals surface area (Å²) in [6, 6.07) is 8.57. The van der Waals surface area contributed by atoms with E-state index >= 15 is 0 Å². The Hall–Kier alpha value is -2.49. The molecule has 0 bridgehead atoms. The largest absolute Gasteiger partial charge is 0.261 e. The van der Waals surface area contributed by atoms with Gasteiger partial charge in [-0.1, -0.05) is 38.7 Å². The van der Waals surface area contributed by atoms with Crippen LogP contribution in [0.15, 0.2) is 36.7 Å². The highest BCUT2D eigenvalue weighted by Crippen LogP contribution is 2.31. The third-order valence-electron chi connectivity index (χ3n) is 5.68. The second kappa shape index (κ2) is 7.63. The van der Waals surface area contributed by atoms with Crippen molar-refractivity contribution in [1.82, 2.24) is 19.7 Å². The van der Waals surface area contributed by atoms with Crippen LogP contribution in [0.4, 0.5) is 0 Å². The fourth-order valence-electron chi connectivity index (χ4n) is 3.99. The number of aromatic nitrogens is 4. The van der Waals surface area contributed by atoms with Crippen LogP contribution >= 0.6 is 0 Å². The van der Waals surface area contributed by atoms with Crippen LogP contribution < -0.4 is 0 Å². The number of aryl methyl sites for hydroxylation is 2. The maximum absolute atomic E-state index is 4.81. The highest BCUT2D eigenvalue weighted by atomic mass is 15.3. The Morgan fingerprint density at radius 1 is 1.07 bits per heavy atom. The normalized spacial score (nSPS) is 14.3. The van der Waals surface area contributed by atoms with Crippen molar-refractivity contribution in [3.63, 3.8) is 0 Å². The molecule has 4 rings (SSSR count). The van der Waals surface area contributed by atoms with Crippen LogP contribution in [0, 0.1) is 19.8 Å². The molecule has 0 unspecified atom stereocenters. The van der Waals surface area contributed by atoms with Crippen molar-refractivity contribution in [1.29, 1.82) is 0 Å². The van der Waals surface area contributed by atoms with Gasteiger partial charge in [-0.2, -0.15) is 5.10 Å². The van der Waals surface area contributed by atoms with Gasteiger partial charge in [0.2, 0.25) is 0 Å². The first kappa shape index (κ1) is 17.9. The van der Waals surface area contributed by atoms with E-state index in [0.29, 0.717) is 0 Å². The molecule has 3 heterocycles. The van der Waals surface area contributed by atoms with E-state index in [-0.39, 0.29) is 0 Å². The summed E-state index contributed by atoms with van der Waals surface area (Å²) in [5, 5.41) is 4.81. The Morgan fingerprint density at radius 2 is 1.93 bits per heavy atom. The molecule has 1 saturated carbocycles. The fourth-order valence-corrected chi connectivity index (χ4v) is 3.99. The van der Waals surface area contributed by atoms with Crippen molar-refractivity contribution in [3.8, 4) is 16.8 Å². The molecular formula is C23H28N4. The molecule has 0 atom stereocenters. The number of hydrogen-bond donors (Lipinski definition) is 0. The van der Waals surface area contributed by atoms with Crippen LogP contribution in [0.25, 0.3) is 16.8 Å². The second-order valence-corrected chi connectivity index (χ2v) is 7.75. The van der Waals surface area contributed by atoms with E-state index in [1.165, 1.54) is 30.5 Å². The van der Waals surface area contributed by atoms with E-state index in [1.807, 2.05) is 23.1 Å². The van der Waals surface area contributed by atoms with Crippen molar-refractivity contribution in [2.24, 2.45) is 5.92 Å². The van der Waals surface area contributed by atoms with E-state index in [0.717, 1.165) is 53.5 Å². The lowest BCUT2D eigenvalue weighted by Crippen LogP contribution is -2.14. The molecular weight excluding hydrogens is 332 g/mol. The van der Waals surface area contributed by atoms with Gasteiger partial charge in [0.25, 0.3) is 0 Å². The van der Waals surface area contributed by atoms with Gasteiger partial charge in [-0.25, -0.2) is 4.68 Å². The third-order valence-corrected chi connectivity index (χ3v) is 5.68. The van der Waals surface area contributed by atoms with Crippen molar-refractivity contribution < 1.29 is 0 Å². The zero-order chi connectivity index (χ0) is 18.8. The molecule has 4 heteroatoms. The molecule has 3 aromatic rings. The van der Waals surface area contributed by atoms with Gasteiger partial charge in [0.05, 0.1) is 11.4 Å². The summed E-state index contributed by atoms with van der Waals surface area (Å²) < 4.78 is 2.04. The van der Waals surface area contributed by atoms with Crippen LogP contribution in [0.5, 0.6) is 0 Å². The maximum Gasteiger partial charge on any atom is 0.0682 e. The van der Waals surface area contributed by atoms with Gasteiger partial charge in [-0.3, -0.25) is 9.97 Å². The minimum Gasteiger partial charge on any atom is -0.261 e. The lowest BCUT2D eigenvalue weighted by molar-refractivity contribution is 0.312. The van der Waals surface area contributed by atoms with Gasteiger partial charge < -0.3 is 0 Å². The molecule has 140 valence electrons. The Balaban J connectivity index is 1.63. The highest BCUT2D eigenvalue weighted by Gasteiger charge is 2.19. The van der Waals surface area contributed by atoms with Gasteiger partial charge >= 0.3 is 0 Å². The van der Waals surface area contributed by atoms with Crippen molar-refractivity contribution in [2.75, 3.05) is 0 Å². The Bertz CT molecular complexity index is 920. The van der Waals surface area contributed by atoms with E-state index in [1.54, 1.807) is 0 Å². The number of hydrogen-bond acceptors (Lipinski definition) is 3. The summed E-state index contributed by atoms with van der Waals surface area (Å²) in [7, 11) is 0. The first-order valence-corrected chi connectivity index (χ1v) is 10.1. The summed E-state index contributed by atoms with van der Waals surface area (Å²) in [6.45, 7) is 6.39. The quantitative estimate of drug-likeness (QED) is 0.604. The minimum atomic E-state index is 0.846. The predicted octanol–water partition coefficient (Wildman–Crippen LogP) is 5.24. The van der Waals surface area contributed by atoms with Gasteiger partial charge in [0.1, 0.15) is 0 Å². The lowest BCUT2D eigenvalue weighted by atomic mass is 9.82. The summed E-state index contributed by atoms with van der Waals surface area (Å²) in [5.74, 6) is 0.846. The fraction of sp³-hybridized carbons (Fsp3) is 0.435. The second-order valence-electron chi connectivity index (χ2n) is 7.75.